The van der Waals surface area contributed by atoms with Crippen molar-refractivity contribution in [3.8, 4) is 5.75 Å². The Morgan fingerprint density at radius 2 is 1.74 bits per heavy atom. The molecule has 1 aromatic heterocycles. The van der Waals surface area contributed by atoms with Crippen molar-refractivity contribution in [2.24, 2.45) is 0 Å². The fraction of sp³-hybridized carbons (Fsp3) is 0.296. The van der Waals surface area contributed by atoms with E-state index in [0.717, 1.165) is 21.7 Å². The molecular weight excluding hydrogens is 448 g/mol. The number of benzene rings is 2. The molecule has 0 radical (unpaired) electrons. The molecule has 0 unspecified atom stereocenters. The third-order valence-electron chi connectivity index (χ3n) is 6.03. The molecule has 1 fully saturated rings. The number of anilines is 1. The molecule has 3 aromatic rings. The first-order chi connectivity index (χ1) is 16.2. The Bertz CT molecular complexity index is 1240. The standard InChI is InChI=1S/C27H28N2O4S/c1-6-33-21-13-11-20(12-14-21)24(30)22-23(19-9-7-18(8-10-19)15(2)3)29(26(32)25(22)31)27-28-16(4)17(5)34-27/h7-15,23,30H,6H2,1-5H3/t23-/m1/s1. The van der Waals surface area contributed by atoms with Crippen molar-refractivity contribution in [1.82, 2.24) is 4.98 Å². The number of amides is 1. The molecule has 0 spiro atoms. The number of thiazole rings is 1. The molecule has 7 heteroatoms. The molecule has 1 amide bonds. The van der Waals surface area contributed by atoms with Gasteiger partial charge < -0.3 is 9.84 Å². The summed E-state index contributed by atoms with van der Waals surface area (Å²) in [6.45, 7) is 10.4. The van der Waals surface area contributed by atoms with Gasteiger partial charge in [0.2, 0.25) is 0 Å². The minimum atomic E-state index is -0.780. The van der Waals surface area contributed by atoms with Gasteiger partial charge in [0.25, 0.3) is 5.78 Å². The number of rotatable bonds is 6. The number of nitrogens with zero attached hydrogens (tertiary/aromatic N) is 2. The van der Waals surface area contributed by atoms with Crippen molar-refractivity contribution in [3.05, 3.63) is 81.4 Å². The second-order valence-electron chi connectivity index (χ2n) is 8.59. The lowest BCUT2D eigenvalue weighted by Gasteiger charge is -2.23. The first kappa shape index (κ1) is 23.7. The minimum absolute atomic E-state index is 0.0527. The molecule has 1 atom stereocenters. The van der Waals surface area contributed by atoms with Gasteiger partial charge in [0.05, 0.1) is 23.9 Å². The Hall–Kier alpha value is -3.45. The monoisotopic (exact) mass is 476 g/mol. The number of hydrogen-bond donors (Lipinski definition) is 1. The number of aliphatic hydroxyl groups is 1. The molecule has 4 rings (SSSR count). The van der Waals surface area contributed by atoms with Crippen molar-refractivity contribution in [3.63, 3.8) is 0 Å². The van der Waals surface area contributed by atoms with Gasteiger partial charge in [0.1, 0.15) is 11.5 Å². The van der Waals surface area contributed by atoms with Crippen LogP contribution in [0.2, 0.25) is 0 Å². The highest BCUT2D eigenvalue weighted by Gasteiger charge is 2.48. The Kier molecular flexibility index (Phi) is 6.57. The van der Waals surface area contributed by atoms with E-state index in [1.807, 2.05) is 45.0 Å². The third kappa shape index (κ3) is 4.23. The van der Waals surface area contributed by atoms with Crippen LogP contribution >= 0.6 is 11.3 Å². The molecule has 0 saturated carbocycles. The van der Waals surface area contributed by atoms with Gasteiger partial charge in [-0.3, -0.25) is 14.5 Å². The van der Waals surface area contributed by atoms with Crippen molar-refractivity contribution >= 4 is 33.9 Å². The maximum absolute atomic E-state index is 13.3. The van der Waals surface area contributed by atoms with E-state index < -0.39 is 17.7 Å². The molecule has 1 aliphatic rings. The summed E-state index contributed by atoms with van der Waals surface area (Å²) in [4.78, 5) is 33.4. The van der Waals surface area contributed by atoms with Gasteiger partial charge in [0, 0.05) is 10.4 Å². The number of aryl methyl sites for hydroxylation is 2. The molecule has 2 aromatic carbocycles. The highest BCUT2D eigenvalue weighted by molar-refractivity contribution is 7.16. The van der Waals surface area contributed by atoms with E-state index in [2.05, 4.69) is 18.8 Å². The van der Waals surface area contributed by atoms with Gasteiger partial charge in [0.15, 0.2) is 5.13 Å². The second kappa shape index (κ2) is 9.43. The van der Waals surface area contributed by atoms with E-state index in [1.54, 1.807) is 24.3 Å². The van der Waals surface area contributed by atoms with Crippen LogP contribution in [-0.2, 0) is 9.59 Å². The Morgan fingerprint density at radius 1 is 1.09 bits per heavy atom. The van der Waals surface area contributed by atoms with Gasteiger partial charge in [-0.15, -0.1) is 11.3 Å². The summed E-state index contributed by atoms with van der Waals surface area (Å²) in [5.74, 6) is -0.636. The van der Waals surface area contributed by atoms with Gasteiger partial charge in [-0.1, -0.05) is 38.1 Å². The summed E-state index contributed by atoms with van der Waals surface area (Å²) in [6.07, 6.45) is 0. The van der Waals surface area contributed by atoms with Crippen LogP contribution in [-0.4, -0.2) is 28.4 Å². The maximum Gasteiger partial charge on any atom is 0.301 e. The predicted octanol–water partition coefficient (Wildman–Crippen LogP) is 5.91. The van der Waals surface area contributed by atoms with Crippen LogP contribution in [0.4, 0.5) is 5.13 Å². The van der Waals surface area contributed by atoms with Crippen molar-refractivity contribution in [1.29, 1.82) is 0 Å². The molecule has 0 bridgehead atoms. The largest absolute Gasteiger partial charge is 0.507 e. The Morgan fingerprint density at radius 3 is 2.26 bits per heavy atom. The summed E-state index contributed by atoms with van der Waals surface area (Å²) in [7, 11) is 0. The molecule has 2 heterocycles. The molecule has 0 aliphatic carbocycles. The summed E-state index contributed by atoms with van der Waals surface area (Å²) in [5.41, 5.74) is 3.19. The van der Waals surface area contributed by atoms with Gasteiger partial charge >= 0.3 is 5.91 Å². The van der Waals surface area contributed by atoms with Crippen LogP contribution in [0.1, 0.15) is 60.0 Å². The number of aromatic nitrogens is 1. The second-order valence-corrected chi connectivity index (χ2v) is 9.77. The fourth-order valence-corrected chi connectivity index (χ4v) is 4.93. The lowest BCUT2D eigenvalue weighted by Crippen LogP contribution is -2.29. The van der Waals surface area contributed by atoms with E-state index in [-0.39, 0.29) is 11.3 Å². The molecule has 6 nitrogen and oxygen atoms in total. The highest BCUT2D eigenvalue weighted by Crippen LogP contribution is 2.44. The zero-order valence-corrected chi connectivity index (χ0v) is 20.8. The Labute approximate surface area is 203 Å². The first-order valence-electron chi connectivity index (χ1n) is 11.3. The van der Waals surface area contributed by atoms with Gasteiger partial charge in [-0.25, -0.2) is 4.98 Å². The molecule has 176 valence electrons. The minimum Gasteiger partial charge on any atom is -0.507 e. The molecule has 34 heavy (non-hydrogen) atoms. The zero-order chi connectivity index (χ0) is 24.6. The zero-order valence-electron chi connectivity index (χ0n) is 20.0. The normalized spacial score (nSPS) is 17.6. The van der Waals surface area contributed by atoms with Crippen molar-refractivity contribution < 1.29 is 19.4 Å². The number of carbonyl (C=O) groups is 2. The number of hydrogen-bond acceptors (Lipinski definition) is 6. The van der Waals surface area contributed by atoms with E-state index >= 15 is 0 Å². The fourth-order valence-electron chi connectivity index (χ4n) is 4.00. The van der Waals surface area contributed by atoms with Crippen molar-refractivity contribution in [2.75, 3.05) is 11.5 Å². The van der Waals surface area contributed by atoms with Crippen LogP contribution in [0.5, 0.6) is 5.75 Å². The topological polar surface area (TPSA) is 79.7 Å². The van der Waals surface area contributed by atoms with Crippen LogP contribution < -0.4 is 9.64 Å². The van der Waals surface area contributed by atoms with Gasteiger partial charge in [-0.2, -0.15) is 0 Å². The average Bonchev–Trinajstić information content (AvgIpc) is 3.29. The van der Waals surface area contributed by atoms with Crippen LogP contribution in [0.15, 0.2) is 54.1 Å². The number of Topliss-reactive ketones (excluding diaryl/α,β-unsaturated/α-hetero) is 1. The highest BCUT2D eigenvalue weighted by atomic mass is 32.1. The van der Waals surface area contributed by atoms with Crippen LogP contribution in [0.3, 0.4) is 0 Å². The summed E-state index contributed by atoms with van der Waals surface area (Å²) in [5, 5.41) is 11.7. The first-order valence-corrected chi connectivity index (χ1v) is 12.1. The summed E-state index contributed by atoms with van der Waals surface area (Å²) in [6, 6.07) is 13.9. The molecular formula is C27H28N2O4S. The molecule has 1 aliphatic heterocycles. The Balaban J connectivity index is 1.88. The number of aliphatic hydroxyl groups excluding tert-OH is 1. The quantitative estimate of drug-likeness (QED) is 0.272. The summed E-state index contributed by atoms with van der Waals surface area (Å²) < 4.78 is 5.48. The van der Waals surface area contributed by atoms with Crippen molar-refractivity contribution in [2.45, 2.75) is 46.6 Å². The van der Waals surface area contributed by atoms with Crippen LogP contribution in [0, 0.1) is 13.8 Å². The van der Waals surface area contributed by atoms with E-state index in [9.17, 15) is 14.7 Å². The SMILES string of the molecule is CCOc1ccc(C(O)=C2C(=O)C(=O)N(c3nc(C)c(C)s3)[C@@H]2c2ccc(C(C)C)cc2)cc1. The van der Waals surface area contributed by atoms with E-state index in [4.69, 9.17) is 4.74 Å². The average molecular weight is 477 g/mol. The lowest BCUT2D eigenvalue weighted by atomic mass is 9.93. The predicted molar refractivity (Wildman–Crippen MR) is 135 cm³/mol. The number of ketones is 1. The number of ether oxygens (including phenoxy) is 1. The molecule has 1 N–H and O–H groups in total. The van der Waals surface area contributed by atoms with E-state index in [1.165, 1.54) is 16.2 Å². The van der Waals surface area contributed by atoms with Gasteiger partial charge in [-0.05, 0) is 62.1 Å². The molecule has 1 saturated heterocycles. The summed E-state index contributed by atoms with van der Waals surface area (Å²) >= 11 is 1.36. The maximum atomic E-state index is 13.3. The van der Waals surface area contributed by atoms with E-state index in [0.29, 0.717) is 29.0 Å². The smallest absolute Gasteiger partial charge is 0.301 e. The lowest BCUT2D eigenvalue weighted by molar-refractivity contribution is -0.132. The van der Waals surface area contributed by atoms with Crippen LogP contribution in [0.25, 0.3) is 5.76 Å². The third-order valence-corrected chi connectivity index (χ3v) is 7.10. The number of carbonyl (C=O) groups excluding carboxylic acids is 2.